The molecule has 1 aliphatic rings. The molecule has 18 heavy (non-hydrogen) atoms. The summed E-state index contributed by atoms with van der Waals surface area (Å²) in [6.07, 6.45) is 4.29. The molecule has 0 bridgehead atoms. The van der Waals surface area contributed by atoms with Gasteiger partial charge in [0.25, 0.3) is 0 Å². The molecule has 1 aliphatic carbocycles. The summed E-state index contributed by atoms with van der Waals surface area (Å²) in [4.78, 5) is 10.6. The molecule has 4 heteroatoms. The molecule has 0 radical (unpaired) electrons. The summed E-state index contributed by atoms with van der Waals surface area (Å²) in [5, 5.41) is 8.77. The van der Waals surface area contributed by atoms with Crippen molar-refractivity contribution >= 4 is 21.9 Å². The summed E-state index contributed by atoms with van der Waals surface area (Å²) < 4.78 is 6.92. The maximum atomic E-state index is 10.6. The minimum atomic E-state index is -0.690. The number of carboxylic acids is 1. The zero-order valence-electron chi connectivity index (χ0n) is 10.1. The average molecular weight is 313 g/mol. The Hall–Kier alpha value is -1.03. The van der Waals surface area contributed by atoms with Gasteiger partial charge in [0, 0.05) is 6.42 Å². The highest BCUT2D eigenvalue weighted by molar-refractivity contribution is 9.10. The molecular formula is C14H17BrO3. The molecule has 0 spiro atoms. The van der Waals surface area contributed by atoms with Gasteiger partial charge in [-0.2, -0.15) is 0 Å². The number of para-hydroxylation sites is 1. The van der Waals surface area contributed by atoms with Crippen molar-refractivity contribution in [2.24, 2.45) is 5.92 Å². The van der Waals surface area contributed by atoms with Crippen LogP contribution in [0.4, 0.5) is 0 Å². The van der Waals surface area contributed by atoms with Crippen LogP contribution in [0.2, 0.25) is 0 Å². The van der Waals surface area contributed by atoms with Gasteiger partial charge in [-0.15, -0.1) is 0 Å². The van der Waals surface area contributed by atoms with Crippen LogP contribution in [0.15, 0.2) is 28.7 Å². The van der Waals surface area contributed by atoms with Gasteiger partial charge in [-0.1, -0.05) is 12.1 Å². The van der Waals surface area contributed by atoms with Crippen LogP contribution in [0, 0.1) is 5.92 Å². The lowest BCUT2D eigenvalue weighted by Gasteiger charge is -2.28. The standard InChI is InChI=1S/C14H17BrO3/c15-12-3-1-2-4-13(12)18-11-7-5-10(6-8-11)9-14(16)17/h1-4,10-11H,5-9H2,(H,16,17). The van der Waals surface area contributed by atoms with Crippen molar-refractivity contribution < 1.29 is 14.6 Å². The first-order chi connectivity index (χ1) is 8.65. The Morgan fingerprint density at radius 2 is 1.94 bits per heavy atom. The first-order valence-electron chi connectivity index (χ1n) is 6.28. The number of halogens is 1. The van der Waals surface area contributed by atoms with Crippen molar-refractivity contribution in [1.82, 2.24) is 0 Å². The molecule has 0 amide bonds. The summed E-state index contributed by atoms with van der Waals surface area (Å²) in [6.45, 7) is 0. The van der Waals surface area contributed by atoms with Crippen molar-refractivity contribution in [2.75, 3.05) is 0 Å². The highest BCUT2D eigenvalue weighted by Crippen LogP contribution is 2.32. The summed E-state index contributed by atoms with van der Waals surface area (Å²) in [6, 6.07) is 7.83. The van der Waals surface area contributed by atoms with E-state index in [4.69, 9.17) is 9.84 Å². The lowest BCUT2D eigenvalue weighted by atomic mass is 9.85. The van der Waals surface area contributed by atoms with E-state index in [9.17, 15) is 4.79 Å². The van der Waals surface area contributed by atoms with Crippen molar-refractivity contribution in [3.05, 3.63) is 28.7 Å². The number of hydrogen-bond acceptors (Lipinski definition) is 2. The van der Waals surface area contributed by atoms with E-state index in [1.165, 1.54) is 0 Å². The highest BCUT2D eigenvalue weighted by atomic mass is 79.9. The van der Waals surface area contributed by atoms with E-state index in [0.717, 1.165) is 35.9 Å². The molecule has 1 aromatic rings. The van der Waals surface area contributed by atoms with Gasteiger partial charge >= 0.3 is 5.97 Å². The van der Waals surface area contributed by atoms with Crippen molar-refractivity contribution in [2.45, 2.75) is 38.2 Å². The summed E-state index contributed by atoms with van der Waals surface area (Å²) in [7, 11) is 0. The van der Waals surface area contributed by atoms with Crippen LogP contribution in [0.5, 0.6) is 5.75 Å². The Balaban J connectivity index is 1.84. The van der Waals surface area contributed by atoms with Crippen LogP contribution in [-0.2, 0) is 4.79 Å². The monoisotopic (exact) mass is 312 g/mol. The molecule has 1 N–H and O–H groups in total. The number of carboxylic acid groups (broad SMARTS) is 1. The first kappa shape index (κ1) is 13.4. The Kier molecular flexibility index (Phi) is 4.64. The molecule has 1 aromatic carbocycles. The number of hydrogen-bond donors (Lipinski definition) is 1. The third-order valence-electron chi connectivity index (χ3n) is 3.39. The van der Waals surface area contributed by atoms with Gasteiger partial charge in [-0.05, 0) is 59.7 Å². The zero-order chi connectivity index (χ0) is 13.0. The molecule has 0 aromatic heterocycles. The van der Waals surface area contributed by atoms with Gasteiger partial charge in [-0.25, -0.2) is 0 Å². The fourth-order valence-corrected chi connectivity index (χ4v) is 2.80. The molecule has 2 rings (SSSR count). The number of ether oxygens (including phenoxy) is 1. The van der Waals surface area contributed by atoms with Crippen molar-refractivity contribution in [3.8, 4) is 5.75 Å². The van der Waals surface area contributed by atoms with Gasteiger partial charge in [0.1, 0.15) is 5.75 Å². The van der Waals surface area contributed by atoms with Gasteiger partial charge in [-0.3, -0.25) is 4.79 Å². The van der Waals surface area contributed by atoms with Crippen LogP contribution in [0.3, 0.4) is 0 Å². The molecule has 98 valence electrons. The van der Waals surface area contributed by atoms with E-state index in [1.54, 1.807) is 0 Å². The van der Waals surface area contributed by atoms with Gasteiger partial charge in [0.05, 0.1) is 10.6 Å². The molecule has 0 atom stereocenters. The number of aliphatic carboxylic acids is 1. The second kappa shape index (κ2) is 6.23. The van der Waals surface area contributed by atoms with E-state index < -0.39 is 5.97 Å². The fourth-order valence-electron chi connectivity index (χ4n) is 2.42. The number of rotatable bonds is 4. The maximum Gasteiger partial charge on any atom is 0.303 e. The van der Waals surface area contributed by atoms with E-state index >= 15 is 0 Å². The van der Waals surface area contributed by atoms with Gasteiger partial charge < -0.3 is 9.84 Å². The summed E-state index contributed by atoms with van der Waals surface area (Å²) >= 11 is 3.46. The van der Waals surface area contributed by atoms with E-state index in [2.05, 4.69) is 15.9 Å². The second-order valence-electron chi connectivity index (χ2n) is 4.79. The first-order valence-corrected chi connectivity index (χ1v) is 7.07. The minimum absolute atomic E-state index is 0.216. The largest absolute Gasteiger partial charge is 0.489 e. The minimum Gasteiger partial charge on any atom is -0.489 e. The zero-order valence-corrected chi connectivity index (χ0v) is 11.7. The Morgan fingerprint density at radius 1 is 1.28 bits per heavy atom. The summed E-state index contributed by atoms with van der Waals surface area (Å²) in [5.74, 6) is 0.505. The molecule has 0 aliphatic heterocycles. The molecular weight excluding hydrogens is 296 g/mol. The molecule has 3 nitrogen and oxygen atoms in total. The topological polar surface area (TPSA) is 46.5 Å². The lowest BCUT2D eigenvalue weighted by molar-refractivity contribution is -0.138. The van der Waals surface area contributed by atoms with Crippen molar-refractivity contribution in [1.29, 1.82) is 0 Å². The van der Waals surface area contributed by atoms with Crippen LogP contribution in [0.1, 0.15) is 32.1 Å². The number of benzene rings is 1. The Bertz CT molecular complexity index is 411. The average Bonchev–Trinajstić information content (AvgIpc) is 2.34. The quantitative estimate of drug-likeness (QED) is 0.918. The smallest absolute Gasteiger partial charge is 0.303 e. The van der Waals surface area contributed by atoms with Crippen molar-refractivity contribution in [3.63, 3.8) is 0 Å². The van der Waals surface area contributed by atoms with E-state index in [0.29, 0.717) is 12.3 Å². The Labute approximate surface area is 115 Å². The SMILES string of the molecule is O=C(O)CC1CCC(Oc2ccccc2Br)CC1. The predicted molar refractivity (Wildman–Crippen MR) is 72.8 cm³/mol. The molecule has 0 unspecified atom stereocenters. The van der Waals surface area contributed by atoms with E-state index in [1.807, 2.05) is 24.3 Å². The molecule has 1 saturated carbocycles. The normalized spacial score (nSPS) is 23.6. The van der Waals surface area contributed by atoms with Crippen LogP contribution in [0.25, 0.3) is 0 Å². The Morgan fingerprint density at radius 3 is 2.56 bits per heavy atom. The molecule has 0 saturated heterocycles. The maximum absolute atomic E-state index is 10.6. The van der Waals surface area contributed by atoms with Gasteiger partial charge in [0.15, 0.2) is 0 Å². The van der Waals surface area contributed by atoms with Crippen LogP contribution in [-0.4, -0.2) is 17.2 Å². The van der Waals surface area contributed by atoms with Crippen LogP contribution >= 0.6 is 15.9 Å². The third kappa shape index (κ3) is 3.73. The molecule has 0 heterocycles. The predicted octanol–water partition coefficient (Wildman–Crippen LogP) is 3.86. The second-order valence-corrected chi connectivity index (χ2v) is 5.64. The van der Waals surface area contributed by atoms with Crippen LogP contribution < -0.4 is 4.74 Å². The lowest BCUT2D eigenvalue weighted by Crippen LogP contribution is -2.25. The summed E-state index contributed by atoms with van der Waals surface area (Å²) in [5.41, 5.74) is 0. The number of carbonyl (C=O) groups is 1. The molecule has 1 fully saturated rings. The van der Waals surface area contributed by atoms with Gasteiger partial charge in [0.2, 0.25) is 0 Å². The van der Waals surface area contributed by atoms with E-state index in [-0.39, 0.29) is 6.10 Å². The fraction of sp³-hybridized carbons (Fsp3) is 0.500. The third-order valence-corrected chi connectivity index (χ3v) is 4.04. The highest BCUT2D eigenvalue weighted by Gasteiger charge is 2.24.